The van der Waals surface area contributed by atoms with Crippen LogP contribution in [-0.2, 0) is 5.60 Å². The van der Waals surface area contributed by atoms with Gasteiger partial charge in [0.05, 0.1) is 0 Å². The van der Waals surface area contributed by atoms with Crippen LogP contribution in [0.4, 0.5) is 0 Å². The van der Waals surface area contributed by atoms with Crippen LogP contribution in [0.1, 0.15) is 44.1 Å². The van der Waals surface area contributed by atoms with Gasteiger partial charge >= 0.3 is 0 Å². The molecule has 8 heteroatoms. The molecule has 0 aliphatic heterocycles. The van der Waals surface area contributed by atoms with Crippen molar-refractivity contribution >= 4 is 17.2 Å². The summed E-state index contributed by atoms with van der Waals surface area (Å²) in [5.74, 6) is 0.0522. The van der Waals surface area contributed by atoms with Gasteiger partial charge in [0.25, 0.3) is 11.8 Å². The minimum Gasteiger partial charge on any atom is -0.415 e. The Bertz CT molecular complexity index is 612. The highest BCUT2D eigenvalue weighted by molar-refractivity contribution is 7.13. The summed E-state index contributed by atoms with van der Waals surface area (Å²) in [7, 11) is 0. The summed E-state index contributed by atoms with van der Waals surface area (Å²) < 4.78 is 5.35. The highest BCUT2D eigenvalue weighted by atomic mass is 32.1. The predicted molar refractivity (Wildman–Crippen MR) is 73.3 cm³/mol. The van der Waals surface area contributed by atoms with Gasteiger partial charge in [-0.3, -0.25) is 4.79 Å². The molecule has 2 heterocycles. The molecule has 2 aromatic rings. The lowest BCUT2D eigenvalue weighted by Gasteiger charge is -2.09. The molecule has 0 saturated carbocycles. The van der Waals surface area contributed by atoms with E-state index in [1.54, 1.807) is 19.2 Å². The van der Waals surface area contributed by atoms with Gasteiger partial charge in [-0.25, -0.2) is 4.98 Å². The van der Waals surface area contributed by atoms with Crippen molar-refractivity contribution in [3.63, 3.8) is 0 Å². The van der Waals surface area contributed by atoms with Crippen LogP contribution in [0.15, 0.2) is 9.80 Å². The molecular formula is C12H16N4O3S. The second kappa shape index (κ2) is 5.29. The van der Waals surface area contributed by atoms with Gasteiger partial charge in [-0.15, -0.1) is 21.5 Å². The van der Waals surface area contributed by atoms with Gasteiger partial charge in [0.15, 0.2) is 5.01 Å². The van der Waals surface area contributed by atoms with Crippen molar-refractivity contribution in [3.8, 4) is 10.9 Å². The van der Waals surface area contributed by atoms with Gasteiger partial charge in [-0.2, -0.15) is 0 Å². The molecule has 7 nitrogen and oxygen atoms in total. The van der Waals surface area contributed by atoms with Crippen molar-refractivity contribution in [1.82, 2.24) is 20.5 Å². The molecule has 0 aliphatic carbocycles. The number of amides is 1. The van der Waals surface area contributed by atoms with Crippen molar-refractivity contribution in [3.05, 3.63) is 17.0 Å². The molecule has 0 aromatic carbocycles. The molecule has 108 valence electrons. The molecule has 20 heavy (non-hydrogen) atoms. The van der Waals surface area contributed by atoms with E-state index in [1.165, 1.54) is 11.3 Å². The van der Waals surface area contributed by atoms with E-state index in [-0.39, 0.29) is 23.7 Å². The van der Waals surface area contributed by atoms with Crippen molar-refractivity contribution < 1.29 is 14.3 Å². The van der Waals surface area contributed by atoms with E-state index >= 15 is 0 Å². The zero-order chi connectivity index (χ0) is 14.9. The second-order valence-electron chi connectivity index (χ2n) is 5.14. The Morgan fingerprint density at radius 3 is 2.70 bits per heavy atom. The molecule has 0 unspecified atom stereocenters. The molecule has 2 aromatic heterocycles. The van der Waals surface area contributed by atoms with E-state index in [0.29, 0.717) is 10.7 Å². The van der Waals surface area contributed by atoms with Gasteiger partial charge in [0.2, 0.25) is 5.89 Å². The molecule has 2 rings (SSSR count). The van der Waals surface area contributed by atoms with Gasteiger partial charge in [0, 0.05) is 11.4 Å². The quantitative estimate of drug-likeness (QED) is 0.888. The van der Waals surface area contributed by atoms with Crippen LogP contribution in [-0.4, -0.2) is 32.2 Å². The molecule has 0 aliphatic rings. The smallest absolute Gasteiger partial charge is 0.276 e. The normalized spacial score (nSPS) is 11.9. The third-order valence-corrected chi connectivity index (χ3v) is 3.12. The fourth-order valence-corrected chi connectivity index (χ4v) is 2.09. The molecule has 0 atom stereocenters. The van der Waals surface area contributed by atoms with Crippen molar-refractivity contribution in [2.24, 2.45) is 0 Å². The number of hydrogen-bond acceptors (Lipinski definition) is 7. The Labute approximate surface area is 120 Å². The van der Waals surface area contributed by atoms with E-state index in [2.05, 4.69) is 20.5 Å². The van der Waals surface area contributed by atoms with Crippen LogP contribution in [0.5, 0.6) is 0 Å². The maximum atomic E-state index is 11.8. The number of nitrogens with one attached hydrogen (secondary N) is 1. The lowest BCUT2D eigenvalue weighted by Crippen LogP contribution is -2.30. The van der Waals surface area contributed by atoms with Crippen LogP contribution in [0.3, 0.4) is 0 Å². The zero-order valence-corrected chi connectivity index (χ0v) is 12.5. The average Bonchev–Trinajstić information content (AvgIpc) is 2.96. The molecule has 1 amide bonds. The fourth-order valence-electron chi connectivity index (χ4n) is 1.37. The summed E-state index contributed by atoms with van der Waals surface area (Å²) in [6.07, 6.45) is 0. The molecular weight excluding hydrogens is 280 g/mol. The highest BCUT2D eigenvalue weighted by Crippen LogP contribution is 2.26. The number of nitrogens with zero attached hydrogens (tertiary/aromatic N) is 3. The third kappa shape index (κ3) is 3.20. The number of carbonyl (C=O) groups excluding carboxylic acids is 1. The standard InChI is InChI=1S/C12H16N4O3S/c1-6(2)13-8(17)7-5-20-10(14-7)9-15-16-11(19-9)12(3,4)18/h5-6,18H,1-4H3,(H,13,17). The van der Waals surface area contributed by atoms with Crippen LogP contribution in [0.25, 0.3) is 10.9 Å². The van der Waals surface area contributed by atoms with Crippen LogP contribution in [0.2, 0.25) is 0 Å². The van der Waals surface area contributed by atoms with Gasteiger partial charge in [-0.05, 0) is 27.7 Å². The minimum absolute atomic E-state index is 0.0397. The highest BCUT2D eigenvalue weighted by Gasteiger charge is 2.25. The molecule has 0 saturated heterocycles. The predicted octanol–water partition coefficient (Wildman–Crippen LogP) is 1.56. The van der Waals surface area contributed by atoms with Crippen molar-refractivity contribution in [2.75, 3.05) is 0 Å². The summed E-state index contributed by atoms with van der Waals surface area (Å²) >= 11 is 1.23. The summed E-state index contributed by atoms with van der Waals surface area (Å²) in [6, 6.07) is 0.0397. The van der Waals surface area contributed by atoms with E-state index in [9.17, 15) is 9.90 Å². The number of aromatic nitrogens is 3. The maximum Gasteiger partial charge on any atom is 0.276 e. The number of aliphatic hydroxyl groups is 1. The largest absolute Gasteiger partial charge is 0.415 e. The van der Waals surface area contributed by atoms with E-state index in [0.717, 1.165) is 0 Å². The number of carbonyl (C=O) groups is 1. The lowest BCUT2D eigenvalue weighted by molar-refractivity contribution is 0.0487. The Kier molecular flexibility index (Phi) is 3.87. The number of thiazole rings is 1. The number of rotatable bonds is 4. The third-order valence-electron chi connectivity index (χ3n) is 2.29. The fraction of sp³-hybridized carbons (Fsp3) is 0.500. The first-order chi connectivity index (χ1) is 9.27. The van der Waals surface area contributed by atoms with Crippen LogP contribution in [0, 0.1) is 0 Å². The van der Waals surface area contributed by atoms with E-state index < -0.39 is 5.60 Å². The van der Waals surface area contributed by atoms with Crippen molar-refractivity contribution in [2.45, 2.75) is 39.3 Å². The van der Waals surface area contributed by atoms with Crippen LogP contribution >= 0.6 is 11.3 Å². The Hall–Kier alpha value is -1.80. The maximum absolute atomic E-state index is 11.8. The van der Waals surface area contributed by atoms with Gasteiger partial charge < -0.3 is 14.8 Å². The van der Waals surface area contributed by atoms with Gasteiger partial charge in [0.1, 0.15) is 11.3 Å². The number of hydrogen-bond donors (Lipinski definition) is 2. The molecule has 0 spiro atoms. The molecule has 0 radical (unpaired) electrons. The molecule has 2 N–H and O–H groups in total. The zero-order valence-electron chi connectivity index (χ0n) is 11.7. The SMILES string of the molecule is CC(C)NC(=O)c1csc(-c2nnc(C(C)(C)O)o2)n1. The minimum atomic E-state index is -1.21. The van der Waals surface area contributed by atoms with E-state index in [4.69, 9.17) is 4.42 Å². The first kappa shape index (κ1) is 14.6. The summed E-state index contributed by atoms with van der Waals surface area (Å²) in [6.45, 7) is 6.85. The van der Waals surface area contributed by atoms with E-state index in [1.807, 2.05) is 13.8 Å². The lowest BCUT2D eigenvalue weighted by atomic mass is 10.1. The second-order valence-corrected chi connectivity index (χ2v) is 6.00. The van der Waals surface area contributed by atoms with Gasteiger partial charge in [-0.1, -0.05) is 0 Å². The summed E-state index contributed by atoms with van der Waals surface area (Å²) in [4.78, 5) is 15.9. The summed E-state index contributed by atoms with van der Waals surface area (Å²) in [5.41, 5.74) is -0.901. The topological polar surface area (TPSA) is 101 Å². The van der Waals surface area contributed by atoms with Crippen molar-refractivity contribution in [1.29, 1.82) is 0 Å². The molecule has 0 fully saturated rings. The van der Waals surface area contributed by atoms with Crippen LogP contribution < -0.4 is 5.32 Å². The average molecular weight is 296 g/mol. The Balaban J connectivity index is 2.21. The first-order valence-electron chi connectivity index (χ1n) is 6.10. The Morgan fingerprint density at radius 1 is 1.45 bits per heavy atom. The monoisotopic (exact) mass is 296 g/mol. The Morgan fingerprint density at radius 2 is 2.15 bits per heavy atom. The first-order valence-corrected chi connectivity index (χ1v) is 6.98. The summed E-state index contributed by atoms with van der Waals surface area (Å²) in [5, 5.41) is 22.2. The molecule has 0 bridgehead atoms.